The van der Waals surface area contributed by atoms with Gasteiger partial charge >= 0.3 is 0 Å². The average molecular weight is 190 g/mol. The molecule has 0 amide bonds. The Morgan fingerprint density at radius 1 is 1.50 bits per heavy atom. The quantitative estimate of drug-likeness (QED) is 0.725. The van der Waals surface area contributed by atoms with Crippen LogP contribution in [0.5, 0.6) is 0 Å². The zero-order chi connectivity index (χ0) is 10.3. The van der Waals surface area contributed by atoms with E-state index in [0.29, 0.717) is 17.9 Å². The highest BCUT2D eigenvalue weighted by Crippen LogP contribution is 2.22. The molecule has 2 rings (SSSR count). The molecule has 74 valence electrons. The number of hydrogen-bond acceptors (Lipinski definition) is 3. The summed E-state index contributed by atoms with van der Waals surface area (Å²) in [7, 11) is 0. The summed E-state index contributed by atoms with van der Waals surface area (Å²) in [5.41, 5.74) is 8.28. The van der Waals surface area contributed by atoms with Crippen molar-refractivity contribution in [1.82, 2.24) is 4.98 Å². The highest BCUT2D eigenvalue weighted by molar-refractivity contribution is 6.03. The van der Waals surface area contributed by atoms with Gasteiger partial charge in [0, 0.05) is 17.7 Å². The molecule has 0 spiro atoms. The number of rotatable bonds is 1. The van der Waals surface area contributed by atoms with Crippen molar-refractivity contribution >= 4 is 5.78 Å². The molecule has 0 saturated heterocycles. The van der Waals surface area contributed by atoms with Crippen molar-refractivity contribution in [1.29, 1.82) is 0 Å². The van der Waals surface area contributed by atoms with Gasteiger partial charge in [-0.3, -0.25) is 9.78 Å². The normalized spacial score (nSPS) is 20.3. The molecule has 3 nitrogen and oxygen atoms in total. The van der Waals surface area contributed by atoms with Gasteiger partial charge in [-0.05, 0) is 18.1 Å². The lowest BCUT2D eigenvalue weighted by Gasteiger charge is -2.05. The second kappa shape index (κ2) is 3.17. The van der Waals surface area contributed by atoms with Gasteiger partial charge in [0.2, 0.25) is 0 Å². The summed E-state index contributed by atoms with van der Waals surface area (Å²) < 4.78 is 0. The van der Waals surface area contributed by atoms with E-state index in [1.807, 2.05) is 12.1 Å². The summed E-state index contributed by atoms with van der Waals surface area (Å²) >= 11 is 0. The molecule has 0 saturated carbocycles. The van der Waals surface area contributed by atoms with E-state index in [2.05, 4.69) is 18.8 Å². The Labute approximate surface area is 83.3 Å². The molecule has 1 unspecified atom stereocenters. The van der Waals surface area contributed by atoms with Crippen LogP contribution in [0.3, 0.4) is 0 Å². The number of aromatic nitrogens is 1. The van der Waals surface area contributed by atoms with Gasteiger partial charge in [-0.2, -0.15) is 0 Å². The summed E-state index contributed by atoms with van der Waals surface area (Å²) in [6, 6.07) is 3.40. The van der Waals surface area contributed by atoms with Gasteiger partial charge in [0.15, 0.2) is 5.78 Å². The van der Waals surface area contributed by atoms with Gasteiger partial charge in [0.05, 0.1) is 11.7 Å². The first kappa shape index (κ1) is 9.34. The van der Waals surface area contributed by atoms with E-state index < -0.39 is 0 Å². The van der Waals surface area contributed by atoms with Crippen LogP contribution in [0, 0.1) is 0 Å². The standard InChI is InChI=1S/C11H14N2O/c1-6(2)9-4-3-7-10(13-9)5-8(12)11(7)14/h3-4,6,8H,5,12H2,1-2H3. The van der Waals surface area contributed by atoms with E-state index in [1.54, 1.807) is 0 Å². The number of carbonyl (C=O) groups is 1. The predicted molar refractivity (Wildman–Crippen MR) is 54.3 cm³/mol. The van der Waals surface area contributed by atoms with Gasteiger partial charge in [-0.25, -0.2) is 0 Å². The van der Waals surface area contributed by atoms with Crippen LogP contribution in [0.4, 0.5) is 0 Å². The lowest BCUT2D eigenvalue weighted by atomic mass is 10.1. The molecular weight excluding hydrogens is 176 g/mol. The van der Waals surface area contributed by atoms with E-state index in [4.69, 9.17) is 5.73 Å². The molecule has 1 heterocycles. The van der Waals surface area contributed by atoms with Crippen LogP contribution in [0.2, 0.25) is 0 Å². The van der Waals surface area contributed by atoms with Crippen LogP contribution in [0.1, 0.15) is 41.5 Å². The first-order valence-electron chi connectivity index (χ1n) is 4.89. The molecule has 0 aliphatic heterocycles. The Morgan fingerprint density at radius 2 is 2.21 bits per heavy atom. The van der Waals surface area contributed by atoms with Crippen molar-refractivity contribution in [2.75, 3.05) is 0 Å². The molecule has 0 fully saturated rings. The number of ketones is 1. The van der Waals surface area contributed by atoms with Crippen molar-refractivity contribution in [2.24, 2.45) is 5.73 Å². The molecule has 14 heavy (non-hydrogen) atoms. The number of nitrogens with two attached hydrogens (primary N) is 1. The van der Waals surface area contributed by atoms with Gasteiger partial charge in [-0.15, -0.1) is 0 Å². The van der Waals surface area contributed by atoms with E-state index >= 15 is 0 Å². The first-order valence-corrected chi connectivity index (χ1v) is 4.89. The molecule has 3 heteroatoms. The van der Waals surface area contributed by atoms with Gasteiger partial charge < -0.3 is 5.73 Å². The van der Waals surface area contributed by atoms with Crippen molar-refractivity contribution in [2.45, 2.75) is 32.2 Å². The monoisotopic (exact) mass is 190 g/mol. The zero-order valence-corrected chi connectivity index (χ0v) is 8.45. The number of Topliss-reactive ketones (excluding diaryl/α,β-unsaturated/α-hetero) is 1. The van der Waals surface area contributed by atoms with Gasteiger partial charge in [-0.1, -0.05) is 13.8 Å². The molecule has 1 aromatic rings. The lowest BCUT2D eigenvalue weighted by Crippen LogP contribution is -2.26. The van der Waals surface area contributed by atoms with Crippen LogP contribution in [-0.2, 0) is 6.42 Å². The van der Waals surface area contributed by atoms with E-state index in [0.717, 1.165) is 11.4 Å². The molecule has 0 radical (unpaired) electrons. The Bertz CT molecular complexity index is 385. The molecule has 0 bridgehead atoms. The minimum absolute atomic E-state index is 0.0304. The summed E-state index contributed by atoms with van der Waals surface area (Å²) in [5.74, 6) is 0.426. The zero-order valence-electron chi connectivity index (χ0n) is 8.45. The van der Waals surface area contributed by atoms with Crippen LogP contribution < -0.4 is 5.73 Å². The highest BCUT2D eigenvalue weighted by atomic mass is 16.1. The number of carbonyl (C=O) groups excluding carboxylic acids is 1. The molecule has 2 N–H and O–H groups in total. The summed E-state index contributed by atoms with van der Waals surface area (Å²) in [4.78, 5) is 16.0. The number of hydrogen-bond donors (Lipinski definition) is 1. The largest absolute Gasteiger partial charge is 0.321 e. The van der Waals surface area contributed by atoms with Crippen LogP contribution in [0.25, 0.3) is 0 Å². The first-order chi connectivity index (χ1) is 6.59. The highest BCUT2D eigenvalue weighted by Gasteiger charge is 2.28. The summed E-state index contributed by atoms with van der Waals surface area (Å²) in [6.07, 6.45) is 0.592. The third-order valence-electron chi connectivity index (χ3n) is 2.60. The maximum atomic E-state index is 11.5. The fourth-order valence-electron chi connectivity index (χ4n) is 1.72. The number of fused-ring (bicyclic) bond motifs is 1. The third kappa shape index (κ3) is 1.34. The van der Waals surface area contributed by atoms with Crippen LogP contribution >= 0.6 is 0 Å². The fourth-order valence-corrected chi connectivity index (χ4v) is 1.72. The van der Waals surface area contributed by atoms with Crippen LogP contribution in [-0.4, -0.2) is 16.8 Å². The molecular formula is C11H14N2O. The predicted octanol–water partition coefficient (Wildman–Crippen LogP) is 1.27. The Kier molecular flexibility index (Phi) is 2.11. The molecule has 1 aliphatic carbocycles. The van der Waals surface area contributed by atoms with Crippen molar-refractivity contribution in [3.8, 4) is 0 Å². The average Bonchev–Trinajstić information content (AvgIpc) is 2.42. The molecule has 1 atom stereocenters. The second-order valence-corrected chi connectivity index (χ2v) is 4.06. The van der Waals surface area contributed by atoms with Crippen molar-refractivity contribution < 1.29 is 4.79 Å². The van der Waals surface area contributed by atoms with Gasteiger partial charge in [0.1, 0.15) is 0 Å². The molecule has 1 aromatic heterocycles. The number of nitrogens with zero attached hydrogens (tertiary/aromatic N) is 1. The van der Waals surface area contributed by atoms with E-state index in [9.17, 15) is 4.79 Å². The lowest BCUT2D eigenvalue weighted by molar-refractivity contribution is 0.0974. The van der Waals surface area contributed by atoms with Crippen LogP contribution in [0.15, 0.2) is 12.1 Å². The number of pyridine rings is 1. The SMILES string of the molecule is CC(C)c1ccc2c(n1)CC(N)C2=O. The smallest absolute Gasteiger partial charge is 0.181 e. The Hall–Kier alpha value is -1.22. The second-order valence-electron chi connectivity index (χ2n) is 4.06. The minimum Gasteiger partial charge on any atom is -0.321 e. The van der Waals surface area contributed by atoms with E-state index in [-0.39, 0.29) is 11.8 Å². The molecule has 0 aromatic carbocycles. The van der Waals surface area contributed by atoms with Crippen molar-refractivity contribution in [3.63, 3.8) is 0 Å². The fraction of sp³-hybridized carbons (Fsp3) is 0.455. The van der Waals surface area contributed by atoms with Crippen molar-refractivity contribution in [3.05, 3.63) is 29.1 Å². The minimum atomic E-state index is -0.375. The van der Waals surface area contributed by atoms with E-state index in [1.165, 1.54) is 0 Å². The summed E-state index contributed by atoms with van der Waals surface area (Å²) in [5, 5.41) is 0. The Morgan fingerprint density at radius 3 is 2.86 bits per heavy atom. The maximum absolute atomic E-state index is 11.5. The molecule has 1 aliphatic rings. The summed E-state index contributed by atoms with van der Waals surface area (Å²) in [6.45, 7) is 4.18. The maximum Gasteiger partial charge on any atom is 0.181 e. The van der Waals surface area contributed by atoms with Gasteiger partial charge in [0.25, 0.3) is 0 Å². The Balaban J connectivity index is 2.44. The topological polar surface area (TPSA) is 56.0 Å². The third-order valence-corrected chi connectivity index (χ3v) is 2.60.